The molecule has 1 aliphatic rings. The molecule has 2 nitrogen and oxygen atoms in total. The van der Waals surface area contributed by atoms with Gasteiger partial charge in [0.2, 0.25) is 0 Å². The zero-order chi connectivity index (χ0) is 12.1. The highest BCUT2D eigenvalue weighted by molar-refractivity contribution is 6.30. The molecule has 0 amide bonds. The summed E-state index contributed by atoms with van der Waals surface area (Å²) in [6, 6.07) is 8.02. The first-order valence-electron chi connectivity index (χ1n) is 6.09. The third kappa shape index (κ3) is 4.94. The molecule has 5 heteroatoms. The van der Waals surface area contributed by atoms with E-state index in [9.17, 15) is 0 Å². The van der Waals surface area contributed by atoms with Crippen LogP contribution in [0.3, 0.4) is 0 Å². The number of aryl methyl sites for hydroxylation is 1. The molecule has 1 N–H and O–H groups in total. The number of rotatable bonds is 4. The van der Waals surface area contributed by atoms with Crippen LogP contribution in [0.4, 0.5) is 0 Å². The number of halogens is 3. The lowest BCUT2D eigenvalue weighted by Gasteiger charge is -2.31. The van der Waals surface area contributed by atoms with Crippen molar-refractivity contribution < 1.29 is 0 Å². The summed E-state index contributed by atoms with van der Waals surface area (Å²) >= 11 is 12.4. The van der Waals surface area contributed by atoms with Gasteiger partial charge in [-0.2, -0.15) is 0 Å². The maximum atomic E-state index is 6.41. The molecule has 1 atom stereocenters. The number of hydrogen-bond acceptors (Lipinski definition) is 2. The minimum absolute atomic E-state index is 0. The molecule has 0 aliphatic carbocycles. The molecule has 0 bridgehead atoms. The Bertz CT molecular complexity index is 354. The van der Waals surface area contributed by atoms with E-state index in [0.29, 0.717) is 0 Å². The van der Waals surface area contributed by atoms with Crippen LogP contribution in [0.5, 0.6) is 0 Å². The molecule has 1 aliphatic heterocycles. The minimum atomic E-state index is 0. The fourth-order valence-electron chi connectivity index (χ4n) is 2.12. The van der Waals surface area contributed by atoms with Gasteiger partial charge in [-0.3, -0.25) is 4.90 Å². The van der Waals surface area contributed by atoms with Gasteiger partial charge < -0.3 is 5.32 Å². The SMILES string of the molecule is Cl.Clc1cccc(CCC(Cl)N2CCNCC2)c1. The van der Waals surface area contributed by atoms with Gasteiger partial charge in [0.05, 0.1) is 5.50 Å². The summed E-state index contributed by atoms with van der Waals surface area (Å²) in [6.45, 7) is 4.17. The van der Waals surface area contributed by atoms with Crippen LogP contribution in [-0.4, -0.2) is 36.6 Å². The van der Waals surface area contributed by atoms with E-state index in [1.165, 1.54) is 5.56 Å². The molecule has 1 unspecified atom stereocenters. The lowest BCUT2D eigenvalue weighted by molar-refractivity contribution is 0.214. The molecule has 0 aromatic heterocycles. The Morgan fingerprint density at radius 1 is 1.28 bits per heavy atom. The van der Waals surface area contributed by atoms with Crippen LogP contribution in [-0.2, 0) is 6.42 Å². The zero-order valence-electron chi connectivity index (χ0n) is 10.2. The molecule has 1 heterocycles. The second-order valence-corrected chi connectivity index (χ2v) is 5.33. The first-order valence-corrected chi connectivity index (χ1v) is 6.90. The third-order valence-corrected chi connectivity index (χ3v) is 3.84. The second kappa shape index (κ2) is 8.23. The van der Waals surface area contributed by atoms with Gasteiger partial charge in [0.15, 0.2) is 0 Å². The summed E-state index contributed by atoms with van der Waals surface area (Å²) in [5, 5.41) is 4.13. The summed E-state index contributed by atoms with van der Waals surface area (Å²) in [5.41, 5.74) is 1.40. The van der Waals surface area contributed by atoms with E-state index in [1.807, 2.05) is 18.2 Å². The van der Waals surface area contributed by atoms with Crippen LogP contribution in [0.25, 0.3) is 0 Å². The molecule has 0 saturated carbocycles. The summed E-state index contributed by atoms with van der Waals surface area (Å²) < 4.78 is 0. The van der Waals surface area contributed by atoms with E-state index in [-0.39, 0.29) is 17.9 Å². The molecule has 1 saturated heterocycles. The Kier molecular flexibility index (Phi) is 7.35. The first-order chi connectivity index (χ1) is 8.25. The predicted molar refractivity (Wildman–Crippen MR) is 81.1 cm³/mol. The largest absolute Gasteiger partial charge is 0.314 e. The van der Waals surface area contributed by atoms with Gasteiger partial charge >= 0.3 is 0 Å². The monoisotopic (exact) mass is 308 g/mol. The van der Waals surface area contributed by atoms with Crippen LogP contribution in [0, 0.1) is 0 Å². The lowest BCUT2D eigenvalue weighted by atomic mass is 10.1. The van der Waals surface area contributed by atoms with Gasteiger partial charge in [-0.1, -0.05) is 23.7 Å². The van der Waals surface area contributed by atoms with Gasteiger partial charge in [-0.15, -0.1) is 24.0 Å². The zero-order valence-corrected chi connectivity index (χ0v) is 12.6. The number of alkyl halides is 1. The van der Waals surface area contributed by atoms with Crippen molar-refractivity contribution in [1.82, 2.24) is 10.2 Å². The van der Waals surface area contributed by atoms with Gasteiger partial charge in [0.25, 0.3) is 0 Å². The van der Waals surface area contributed by atoms with Crippen molar-refractivity contribution in [2.24, 2.45) is 0 Å². The van der Waals surface area contributed by atoms with Crippen LogP contribution in [0.15, 0.2) is 24.3 Å². The highest BCUT2D eigenvalue weighted by Crippen LogP contribution is 2.16. The van der Waals surface area contributed by atoms with Gasteiger partial charge in [0, 0.05) is 31.2 Å². The molecule has 1 aromatic rings. The van der Waals surface area contributed by atoms with Crippen molar-refractivity contribution in [2.45, 2.75) is 18.3 Å². The summed E-state index contributed by atoms with van der Waals surface area (Å²) in [6.07, 6.45) is 1.96. The minimum Gasteiger partial charge on any atom is -0.314 e. The van der Waals surface area contributed by atoms with Crippen molar-refractivity contribution in [2.75, 3.05) is 26.2 Å². The number of piperazine rings is 1. The highest BCUT2D eigenvalue weighted by Gasteiger charge is 2.17. The van der Waals surface area contributed by atoms with Crippen LogP contribution in [0.2, 0.25) is 5.02 Å². The number of nitrogens with one attached hydrogen (secondary N) is 1. The Hall–Kier alpha value is 0.01000. The molecule has 2 rings (SSSR count). The van der Waals surface area contributed by atoms with E-state index in [1.54, 1.807) is 0 Å². The number of benzene rings is 1. The van der Waals surface area contributed by atoms with Crippen molar-refractivity contribution >= 4 is 35.6 Å². The van der Waals surface area contributed by atoms with E-state index in [2.05, 4.69) is 16.3 Å². The maximum absolute atomic E-state index is 6.41. The van der Waals surface area contributed by atoms with E-state index in [4.69, 9.17) is 23.2 Å². The summed E-state index contributed by atoms with van der Waals surface area (Å²) in [4.78, 5) is 2.34. The van der Waals surface area contributed by atoms with Crippen molar-refractivity contribution in [3.05, 3.63) is 34.9 Å². The second-order valence-electron chi connectivity index (χ2n) is 4.39. The van der Waals surface area contributed by atoms with Crippen molar-refractivity contribution in [3.63, 3.8) is 0 Å². The van der Waals surface area contributed by atoms with Gasteiger partial charge in [-0.25, -0.2) is 0 Å². The lowest BCUT2D eigenvalue weighted by Crippen LogP contribution is -2.46. The maximum Gasteiger partial charge on any atom is 0.0854 e. The fraction of sp³-hybridized carbons (Fsp3) is 0.538. The number of hydrogen-bond donors (Lipinski definition) is 1. The Morgan fingerprint density at radius 3 is 2.67 bits per heavy atom. The van der Waals surface area contributed by atoms with Crippen LogP contribution < -0.4 is 5.32 Å². The molecule has 1 fully saturated rings. The standard InChI is InChI=1S/C13H18Cl2N2.ClH/c14-12-3-1-2-11(10-12)4-5-13(15)17-8-6-16-7-9-17;/h1-3,10,13,16H,4-9H2;1H. The quantitative estimate of drug-likeness (QED) is 0.679. The molecular weight excluding hydrogens is 291 g/mol. The summed E-state index contributed by atoms with van der Waals surface area (Å²) in [7, 11) is 0. The third-order valence-electron chi connectivity index (χ3n) is 3.11. The van der Waals surface area contributed by atoms with Crippen LogP contribution in [0.1, 0.15) is 12.0 Å². The van der Waals surface area contributed by atoms with E-state index in [0.717, 1.165) is 44.0 Å². The molecule has 1 aromatic carbocycles. The highest BCUT2D eigenvalue weighted by atomic mass is 35.5. The normalized spacial score (nSPS) is 18.1. The summed E-state index contributed by atoms with van der Waals surface area (Å²) in [5.74, 6) is 0. The predicted octanol–water partition coefficient (Wildman–Crippen LogP) is 3.16. The fourth-order valence-corrected chi connectivity index (χ4v) is 2.64. The smallest absolute Gasteiger partial charge is 0.0854 e. The molecule has 18 heavy (non-hydrogen) atoms. The van der Waals surface area contributed by atoms with Crippen molar-refractivity contribution in [1.29, 1.82) is 0 Å². The molecular formula is C13H19Cl3N2. The first kappa shape index (κ1) is 16.1. The Morgan fingerprint density at radius 2 is 2.00 bits per heavy atom. The number of nitrogens with zero attached hydrogens (tertiary/aromatic N) is 1. The molecule has 0 radical (unpaired) electrons. The molecule has 102 valence electrons. The average Bonchev–Trinajstić information content (AvgIpc) is 2.37. The van der Waals surface area contributed by atoms with Crippen molar-refractivity contribution in [3.8, 4) is 0 Å². The van der Waals surface area contributed by atoms with Gasteiger partial charge in [-0.05, 0) is 30.5 Å². The van der Waals surface area contributed by atoms with Crippen LogP contribution >= 0.6 is 35.6 Å². The Balaban J connectivity index is 0.00000162. The Labute approximate surface area is 125 Å². The average molecular weight is 310 g/mol. The topological polar surface area (TPSA) is 15.3 Å². The molecule has 0 spiro atoms. The van der Waals surface area contributed by atoms with E-state index < -0.39 is 0 Å². The van der Waals surface area contributed by atoms with Gasteiger partial charge in [0.1, 0.15) is 0 Å². The van der Waals surface area contributed by atoms with E-state index >= 15 is 0 Å².